The highest BCUT2D eigenvalue weighted by atomic mass is 32.1. The van der Waals surface area contributed by atoms with Crippen molar-refractivity contribution in [2.75, 3.05) is 20.1 Å². The molecule has 0 saturated heterocycles. The number of thiazole rings is 1. The van der Waals surface area contributed by atoms with E-state index in [1.165, 1.54) is 0 Å². The maximum atomic E-state index is 11.9. The van der Waals surface area contributed by atoms with Crippen LogP contribution in [0, 0.1) is 6.92 Å². The summed E-state index contributed by atoms with van der Waals surface area (Å²) in [6.07, 6.45) is 0. The van der Waals surface area contributed by atoms with Gasteiger partial charge in [0, 0.05) is 25.5 Å². The molecule has 0 atom stereocenters. The lowest BCUT2D eigenvalue weighted by Crippen LogP contribution is -2.40. The van der Waals surface area contributed by atoms with Crippen molar-refractivity contribution in [1.29, 1.82) is 0 Å². The van der Waals surface area contributed by atoms with Gasteiger partial charge in [0.05, 0.1) is 17.2 Å². The minimum atomic E-state index is 0.0654. The van der Waals surface area contributed by atoms with E-state index in [1.54, 1.807) is 21.1 Å². The van der Waals surface area contributed by atoms with Gasteiger partial charge in [-0.25, -0.2) is 9.78 Å². The van der Waals surface area contributed by atoms with Crippen molar-refractivity contribution in [3.8, 4) is 0 Å². The minimum absolute atomic E-state index is 0.0654. The first-order chi connectivity index (χ1) is 7.58. The van der Waals surface area contributed by atoms with Crippen molar-refractivity contribution in [3.05, 3.63) is 16.1 Å². The number of carbonyl (C=O) groups is 1. The van der Waals surface area contributed by atoms with E-state index in [-0.39, 0.29) is 6.03 Å². The standard InChI is InChI=1S/C11H19N3OS/c1-5-14(6-2)11(15)13(4)7-10-8-16-9(3)12-10/h8H,5-7H2,1-4H3. The summed E-state index contributed by atoms with van der Waals surface area (Å²) in [5.41, 5.74) is 0.963. The fourth-order valence-electron chi connectivity index (χ4n) is 1.53. The number of aryl methyl sites for hydroxylation is 1. The van der Waals surface area contributed by atoms with Gasteiger partial charge in [0.1, 0.15) is 0 Å². The van der Waals surface area contributed by atoms with Gasteiger partial charge in [-0.2, -0.15) is 0 Å². The van der Waals surface area contributed by atoms with Crippen molar-refractivity contribution in [2.24, 2.45) is 0 Å². The van der Waals surface area contributed by atoms with Crippen molar-refractivity contribution in [3.63, 3.8) is 0 Å². The van der Waals surface area contributed by atoms with Gasteiger partial charge in [0.25, 0.3) is 0 Å². The van der Waals surface area contributed by atoms with Gasteiger partial charge >= 0.3 is 6.03 Å². The largest absolute Gasteiger partial charge is 0.325 e. The third-order valence-electron chi connectivity index (χ3n) is 2.43. The zero-order chi connectivity index (χ0) is 12.1. The molecule has 1 aromatic rings. The Morgan fingerprint density at radius 2 is 2.06 bits per heavy atom. The van der Waals surface area contributed by atoms with Crippen LogP contribution in [0.25, 0.3) is 0 Å². The lowest BCUT2D eigenvalue weighted by molar-refractivity contribution is 0.165. The van der Waals surface area contributed by atoms with E-state index in [4.69, 9.17) is 0 Å². The van der Waals surface area contributed by atoms with Gasteiger partial charge in [0.2, 0.25) is 0 Å². The Bertz CT molecular complexity index is 347. The van der Waals surface area contributed by atoms with Gasteiger partial charge in [-0.05, 0) is 20.8 Å². The van der Waals surface area contributed by atoms with E-state index < -0.39 is 0 Å². The molecule has 0 fully saturated rings. The molecular formula is C11H19N3OS. The lowest BCUT2D eigenvalue weighted by Gasteiger charge is -2.25. The Kier molecular flexibility index (Phi) is 4.73. The summed E-state index contributed by atoms with van der Waals surface area (Å²) in [6.45, 7) is 8.02. The summed E-state index contributed by atoms with van der Waals surface area (Å²) >= 11 is 1.62. The van der Waals surface area contributed by atoms with Crippen molar-refractivity contribution < 1.29 is 4.79 Å². The van der Waals surface area contributed by atoms with Crippen LogP contribution in [0.5, 0.6) is 0 Å². The number of rotatable bonds is 4. The van der Waals surface area contributed by atoms with E-state index in [9.17, 15) is 4.79 Å². The first kappa shape index (κ1) is 13.0. The summed E-state index contributed by atoms with van der Waals surface area (Å²) in [7, 11) is 1.81. The molecule has 16 heavy (non-hydrogen) atoms. The number of amides is 2. The van der Waals surface area contributed by atoms with E-state index in [1.807, 2.05) is 33.2 Å². The second kappa shape index (κ2) is 5.84. The summed E-state index contributed by atoms with van der Waals surface area (Å²) < 4.78 is 0. The Labute approximate surface area is 101 Å². The van der Waals surface area contributed by atoms with Crippen LogP contribution >= 0.6 is 11.3 Å². The highest BCUT2D eigenvalue weighted by Crippen LogP contribution is 2.10. The number of urea groups is 1. The number of nitrogens with zero attached hydrogens (tertiary/aromatic N) is 3. The summed E-state index contributed by atoms with van der Waals surface area (Å²) in [4.78, 5) is 19.8. The Balaban J connectivity index is 2.57. The molecule has 4 nitrogen and oxygen atoms in total. The molecule has 0 aromatic carbocycles. The highest BCUT2D eigenvalue weighted by Gasteiger charge is 2.15. The molecule has 5 heteroatoms. The number of hydrogen-bond donors (Lipinski definition) is 0. The van der Waals surface area contributed by atoms with Gasteiger partial charge in [0.15, 0.2) is 0 Å². The number of hydrogen-bond acceptors (Lipinski definition) is 3. The molecule has 0 aliphatic heterocycles. The molecule has 2 amide bonds. The Morgan fingerprint density at radius 3 is 2.50 bits per heavy atom. The molecule has 0 aliphatic rings. The zero-order valence-electron chi connectivity index (χ0n) is 10.4. The third-order valence-corrected chi connectivity index (χ3v) is 3.25. The smallest absolute Gasteiger partial charge is 0.320 e. The minimum Gasteiger partial charge on any atom is -0.325 e. The average molecular weight is 241 g/mol. The predicted octanol–water partition coefficient (Wildman–Crippen LogP) is 2.35. The first-order valence-electron chi connectivity index (χ1n) is 5.49. The second-order valence-corrected chi connectivity index (χ2v) is 4.73. The molecule has 1 heterocycles. The van der Waals surface area contributed by atoms with Gasteiger partial charge in [-0.15, -0.1) is 11.3 Å². The highest BCUT2D eigenvalue weighted by molar-refractivity contribution is 7.09. The molecule has 0 unspecified atom stereocenters. The predicted molar refractivity (Wildman–Crippen MR) is 66.6 cm³/mol. The van der Waals surface area contributed by atoms with Crippen LogP contribution in [0.15, 0.2) is 5.38 Å². The molecule has 0 aliphatic carbocycles. The Hall–Kier alpha value is -1.10. The fraction of sp³-hybridized carbons (Fsp3) is 0.636. The molecule has 0 N–H and O–H groups in total. The van der Waals surface area contributed by atoms with Crippen molar-refractivity contribution >= 4 is 17.4 Å². The summed E-state index contributed by atoms with van der Waals surface area (Å²) in [5, 5.41) is 3.04. The molecule has 90 valence electrons. The van der Waals surface area contributed by atoms with Gasteiger partial charge in [-0.1, -0.05) is 0 Å². The van der Waals surface area contributed by atoms with Crippen LogP contribution < -0.4 is 0 Å². The number of carbonyl (C=O) groups excluding carboxylic acids is 1. The van der Waals surface area contributed by atoms with Gasteiger partial charge < -0.3 is 9.80 Å². The second-order valence-electron chi connectivity index (χ2n) is 3.67. The van der Waals surface area contributed by atoms with E-state index in [0.29, 0.717) is 6.54 Å². The molecule has 0 radical (unpaired) electrons. The zero-order valence-corrected chi connectivity index (χ0v) is 11.2. The van der Waals surface area contributed by atoms with Gasteiger partial charge in [-0.3, -0.25) is 0 Å². The average Bonchev–Trinajstić information content (AvgIpc) is 2.65. The van der Waals surface area contributed by atoms with Crippen LogP contribution in [-0.2, 0) is 6.54 Å². The van der Waals surface area contributed by atoms with Crippen LogP contribution in [0.4, 0.5) is 4.79 Å². The first-order valence-corrected chi connectivity index (χ1v) is 6.37. The lowest BCUT2D eigenvalue weighted by atomic mass is 10.4. The maximum absolute atomic E-state index is 11.9. The van der Waals surface area contributed by atoms with Crippen molar-refractivity contribution in [1.82, 2.24) is 14.8 Å². The molecule has 0 spiro atoms. The monoisotopic (exact) mass is 241 g/mol. The SMILES string of the molecule is CCN(CC)C(=O)N(C)Cc1csc(C)n1. The quantitative estimate of drug-likeness (QED) is 0.811. The third kappa shape index (κ3) is 3.20. The number of aromatic nitrogens is 1. The van der Waals surface area contributed by atoms with Crippen LogP contribution in [0.1, 0.15) is 24.5 Å². The van der Waals surface area contributed by atoms with Crippen molar-refractivity contribution in [2.45, 2.75) is 27.3 Å². The van der Waals surface area contributed by atoms with E-state index >= 15 is 0 Å². The van der Waals surface area contributed by atoms with E-state index in [2.05, 4.69) is 4.98 Å². The van der Waals surface area contributed by atoms with Crippen LogP contribution in [0.2, 0.25) is 0 Å². The van der Waals surface area contributed by atoms with Crippen LogP contribution in [-0.4, -0.2) is 41.0 Å². The molecule has 0 saturated carbocycles. The molecule has 1 rings (SSSR count). The maximum Gasteiger partial charge on any atom is 0.320 e. The molecular weight excluding hydrogens is 222 g/mol. The topological polar surface area (TPSA) is 36.4 Å². The van der Waals surface area contributed by atoms with Crippen LogP contribution in [0.3, 0.4) is 0 Å². The van der Waals surface area contributed by atoms with E-state index in [0.717, 1.165) is 23.8 Å². The Morgan fingerprint density at radius 1 is 1.44 bits per heavy atom. The summed E-state index contributed by atoms with van der Waals surface area (Å²) in [6, 6.07) is 0.0654. The normalized spacial score (nSPS) is 10.2. The summed E-state index contributed by atoms with van der Waals surface area (Å²) in [5.74, 6) is 0. The molecule has 0 bridgehead atoms. The molecule has 1 aromatic heterocycles. The fourth-order valence-corrected chi connectivity index (χ4v) is 2.13.